The van der Waals surface area contributed by atoms with E-state index in [2.05, 4.69) is 5.32 Å². The smallest absolute Gasteiger partial charge is 0.247 e. The maximum Gasteiger partial charge on any atom is 0.247 e. The molecule has 0 spiro atoms. The van der Waals surface area contributed by atoms with E-state index in [-0.39, 0.29) is 11.8 Å². The molecule has 1 N–H and O–H groups in total. The second kappa shape index (κ2) is 6.12. The van der Waals surface area contributed by atoms with Crippen LogP contribution in [-0.4, -0.2) is 60.4 Å². The minimum atomic E-state index is -0.701. The quantitative estimate of drug-likeness (QED) is 0.816. The largest absolute Gasteiger partial charge is 0.342 e. The first-order chi connectivity index (χ1) is 9.43. The molecule has 0 bridgehead atoms. The van der Waals surface area contributed by atoms with E-state index in [9.17, 15) is 9.59 Å². The van der Waals surface area contributed by atoms with E-state index in [1.54, 1.807) is 9.80 Å². The summed E-state index contributed by atoms with van der Waals surface area (Å²) in [5, 5.41) is 3.37. The van der Waals surface area contributed by atoms with Gasteiger partial charge in [0.15, 0.2) is 0 Å². The van der Waals surface area contributed by atoms with Crippen molar-refractivity contribution in [2.24, 2.45) is 5.92 Å². The van der Waals surface area contributed by atoms with Crippen molar-refractivity contribution in [3.05, 3.63) is 0 Å². The maximum atomic E-state index is 12.6. The van der Waals surface area contributed by atoms with Gasteiger partial charge in [0.1, 0.15) is 5.54 Å². The standard InChI is InChI=1S/C15H27N3O2/c1-15(2)14(20)17(3)9-10-18(15)13(19)11-12-5-4-7-16-8-6-12/h12,16H,4-11H2,1-3H3/t12-/m1/s1. The highest BCUT2D eigenvalue weighted by atomic mass is 16.2. The number of likely N-dealkylation sites (N-methyl/N-ethyl adjacent to an activating group) is 1. The van der Waals surface area contributed by atoms with Gasteiger partial charge in [-0.15, -0.1) is 0 Å². The summed E-state index contributed by atoms with van der Waals surface area (Å²) < 4.78 is 0. The van der Waals surface area contributed by atoms with Gasteiger partial charge in [0, 0.05) is 26.6 Å². The second-order valence-electron chi connectivity index (χ2n) is 6.58. The Morgan fingerprint density at radius 1 is 1.30 bits per heavy atom. The molecule has 20 heavy (non-hydrogen) atoms. The molecule has 0 aliphatic carbocycles. The number of amides is 2. The lowest BCUT2D eigenvalue weighted by molar-refractivity contribution is -0.157. The van der Waals surface area contributed by atoms with Crippen LogP contribution in [0.2, 0.25) is 0 Å². The van der Waals surface area contributed by atoms with Crippen LogP contribution >= 0.6 is 0 Å². The van der Waals surface area contributed by atoms with E-state index >= 15 is 0 Å². The Morgan fingerprint density at radius 2 is 2.05 bits per heavy atom. The van der Waals surface area contributed by atoms with Crippen molar-refractivity contribution in [3.8, 4) is 0 Å². The Kier molecular flexibility index (Phi) is 4.68. The van der Waals surface area contributed by atoms with Crippen molar-refractivity contribution in [1.82, 2.24) is 15.1 Å². The minimum absolute atomic E-state index is 0.0413. The topological polar surface area (TPSA) is 52.6 Å². The van der Waals surface area contributed by atoms with Gasteiger partial charge in [-0.25, -0.2) is 0 Å². The van der Waals surface area contributed by atoms with Crippen molar-refractivity contribution in [2.45, 2.75) is 45.1 Å². The van der Waals surface area contributed by atoms with Crippen molar-refractivity contribution in [3.63, 3.8) is 0 Å². The molecule has 2 aliphatic rings. The SMILES string of the molecule is CN1CCN(C(=O)C[C@@H]2CCCNCC2)C(C)(C)C1=O. The molecule has 1 atom stereocenters. The summed E-state index contributed by atoms with van der Waals surface area (Å²) in [4.78, 5) is 28.3. The number of hydrogen-bond donors (Lipinski definition) is 1. The molecule has 5 nitrogen and oxygen atoms in total. The highest BCUT2D eigenvalue weighted by molar-refractivity contribution is 5.91. The highest BCUT2D eigenvalue weighted by Crippen LogP contribution is 2.25. The summed E-state index contributed by atoms with van der Waals surface area (Å²) in [5.41, 5.74) is -0.701. The first kappa shape index (κ1) is 15.3. The summed E-state index contributed by atoms with van der Waals surface area (Å²) in [5.74, 6) is 0.644. The first-order valence-electron chi connectivity index (χ1n) is 7.69. The van der Waals surface area contributed by atoms with Crippen LogP contribution in [0.25, 0.3) is 0 Å². The predicted octanol–water partition coefficient (Wildman–Crippen LogP) is 0.845. The summed E-state index contributed by atoms with van der Waals surface area (Å²) in [6.45, 7) is 7.07. The monoisotopic (exact) mass is 281 g/mol. The first-order valence-corrected chi connectivity index (χ1v) is 7.69. The van der Waals surface area contributed by atoms with Crippen LogP contribution in [0.15, 0.2) is 0 Å². The Hall–Kier alpha value is -1.10. The van der Waals surface area contributed by atoms with Gasteiger partial charge in [0.05, 0.1) is 0 Å². The maximum absolute atomic E-state index is 12.6. The molecule has 2 rings (SSSR count). The molecule has 0 aromatic rings. The van der Waals surface area contributed by atoms with Gasteiger partial charge in [-0.3, -0.25) is 9.59 Å². The second-order valence-corrected chi connectivity index (χ2v) is 6.58. The third kappa shape index (κ3) is 3.14. The molecule has 0 aromatic heterocycles. The zero-order chi connectivity index (χ0) is 14.8. The summed E-state index contributed by atoms with van der Waals surface area (Å²) in [6.07, 6.45) is 3.90. The average Bonchev–Trinajstić information content (AvgIpc) is 2.64. The van der Waals surface area contributed by atoms with Crippen LogP contribution < -0.4 is 5.32 Å². The van der Waals surface area contributed by atoms with E-state index in [0.29, 0.717) is 25.4 Å². The number of nitrogens with zero attached hydrogens (tertiary/aromatic N) is 2. The van der Waals surface area contributed by atoms with Crippen molar-refractivity contribution >= 4 is 11.8 Å². The van der Waals surface area contributed by atoms with E-state index in [1.807, 2.05) is 20.9 Å². The lowest BCUT2D eigenvalue weighted by Gasteiger charge is -2.45. The number of carbonyl (C=O) groups is 2. The minimum Gasteiger partial charge on any atom is -0.342 e. The lowest BCUT2D eigenvalue weighted by Crippen LogP contribution is -2.63. The van der Waals surface area contributed by atoms with Gasteiger partial charge < -0.3 is 15.1 Å². The van der Waals surface area contributed by atoms with Crippen LogP contribution in [0.1, 0.15) is 39.5 Å². The Balaban J connectivity index is 1.99. The van der Waals surface area contributed by atoms with Crippen LogP contribution in [0.5, 0.6) is 0 Å². The number of carbonyl (C=O) groups excluding carboxylic acids is 2. The van der Waals surface area contributed by atoms with E-state index in [1.165, 1.54) is 0 Å². The van der Waals surface area contributed by atoms with Gasteiger partial charge in [-0.05, 0) is 52.1 Å². The van der Waals surface area contributed by atoms with Crippen LogP contribution in [0.3, 0.4) is 0 Å². The molecule has 0 unspecified atom stereocenters. The molecule has 2 fully saturated rings. The van der Waals surface area contributed by atoms with Gasteiger partial charge in [0.25, 0.3) is 0 Å². The van der Waals surface area contributed by atoms with Crippen LogP contribution in [0.4, 0.5) is 0 Å². The molecule has 2 heterocycles. The van der Waals surface area contributed by atoms with Crippen molar-refractivity contribution < 1.29 is 9.59 Å². The molecule has 0 saturated carbocycles. The van der Waals surface area contributed by atoms with Gasteiger partial charge in [-0.2, -0.15) is 0 Å². The zero-order valence-corrected chi connectivity index (χ0v) is 12.9. The van der Waals surface area contributed by atoms with Gasteiger partial charge in [-0.1, -0.05) is 0 Å². The molecule has 2 aliphatic heterocycles. The fourth-order valence-corrected chi connectivity index (χ4v) is 3.30. The fraction of sp³-hybridized carbons (Fsp3) is 0.867. The van der Waals surface area contributed by atoms with E-state index < -0.39 is 5.54 Å². The van der Waals surface area contributed by atoms with Gasteiger partial charge in [0.2, 0.25) is 11.8 Å². The molecule has 114 valence electrons. The number of piperazine rings is 1. The normalized spacial score (nSPS) is 27.4. The Labute approximate surface area is 121 Å². The number of rotatable bonds is 2. The number of nitrogens with one attached hydrogen (secondary N) is 1. The average molecular weight is 281 g/mol. The molecule has 2 amide bonds. The highest BCUT2D eigenvalue weighted by Gasteiger charge is 2.43. The fourth-order valence-electron chi connectivity index (χ4n) is 3.30. The van der Waals surface area contributed by atoms with E-state index in [0.717, 1.165) is 32.4 Å². The lowest BCUT2D eigenvalue weighted by atomic mass is 9.92. The van der Waals surface area contributed by atoms with Crippen LogP contribution in [-0.2, 0) is 9.59 Å². The number of hydrogen-bond acceptors (Lipinski definition) is 3. The van der Waals surface area contributed by atoms with Crippen LogP contribution in [0, 0.1) is 5.92 Å². The third-order valence-electron chi connectivity index (χ3n) is 4.66. The summed E-state index contributed by atoms with van der Waals surface area (Å²) in [6, 6.07) is 0. The van der Waals surface area contributed by atoms with Gasteiger partial charge >= 0.3 is 0 Å². The molecule has 0 aromatic carbocycles. The Morgan fingerprint density at radius 3 is 2.80 bits per heavy atom. The zero-order valence-electron chi connectivity index (χ0n) is 12.9. The Bertz CT molecular complexity index is 373. The molecule has 0 radical (unpaired) electrons. The molecule has 2 saturated heterocycles. The van der Waals surface area contributed by atoms with Crippen molar-refractivity contribution in [1.29, 1.82) is 0 Å². The summed E-state index contributed by atoms with van der Waals surface area (Å²) in [7, 11) is 1.81. The molecular weight excluding hydrogens is 254 g/mol. The molecular formula is C15H27N3O2. The molecule has 5 heteroatoms. The third-order valence-corrected chi connectivity index (χ3v) is 4.66. The predicted molar refractivity (Wildman–Crippen MR) is 78.3 cm³/mol. The van der Waals surface area contributed by atoms with E-state index in [4.69, 9.17) is 0 Å². The van der Waals surface area contributed by atoms with Crippen molar-refractivity contribution in [2.75, 3.05) is 33.2 Å². The summed E-state index contributed by atoms with van der Waals surface area (Å²) >= 11 is 0.